The highest BCUT2D eigenvalue weighted by Gasteiger charge is 2.38. The van der Waals surface area contributed by atoms with Crippen molar-refractivity contribution in [3.8, 4) is 5.75 Å². The monoisotopic (exact) mass is 265 g/mol. The van der Waals surface area contributed by atoms with Gasteiger partial charge in [0.2, 0.25) is 0 Å². The number of ether oxygens (including phenoxy) is 1. The summed E-state index contributed by atoms with van der Waals surface area (Å²) < 4.78 is 4.24. The third kappa shape index (κ3) is 2.39. The molecule has 1 aromatic carbocycles. The lowest BCUT2D eigenvalue weighted by Gasteiger charge is -2.28. The quantitative estimate of drug-likeness (QED) is 0.754. The van der Waals surface area contributed by atoms with Crippen LogP contribution < -0.4 is 4.74 Å². The Hall–Kier alpha value is -0.440. The second-order valence-electron chi connectivity index (χ2n) is 3.10. The van der Waals surface area contributed by atoms with E-state index in [0.717, 1.165) is 17.0 Å². The first kappa shape index (κ1) is 12.6. The molecule has 0 saturated heterocycles. The van der Waals surface area contributed by atoms with Gasteiger partial charge in [-0.25, -0.2) is 0 Å². The van der Waals surface area contributed by atoms with E-state index in [1.807, 2.05) is 24.3 Å². The van der Waals surface area contributed by atoms with Crippen LogP contribution in [0.2, 0.25) is 0 Å². The fourth-order valence-electron chi connectivity index (χ4n) is 1.33. The van der Waals surface area contributed by atoms with E-state index in [0.29, 0.717) is 6.54 Å². The topological polar surface area (TPSA) is 21.6 Å². The van der Waals surface area contributed by atoms with Gasteiger partial charge in [0.15, 0.2) is 4.33 Å². The fourth-order valence-corrected chi connectivity index (χ4v) is 1.79. The van der Waals surface area contributed by atoms with Crippen molar-refractivity contribution in [1.82, 2.24) is 0 Å². The molecule has 2 rings (SSSR count). The maximum Gasteiger partial charge on any atom is 0.179 e. The molecule has 0 saturated carbocycles. The maximum atomic E-state index is 5.98. The van der Waals surface area contributed by atoms with Crippen molar-refractivity contribution in [3.05, 3.63) is 29.8 Å². The van der Waals surface area contributed by atoms with E-state index in [2.05, 4.69) is 4.99 Å². The zero-order valence-corrected chi connectivity index (χ0v) is 10.4. The van der Waals surface area contributed by atoms with Crippen molar-refractivity contribution >= 4 is 41.3 Å². The van der Waals surface area contributed by atoms with Crippen molar-refractivity contribution in [3.63, 3.8) is 0 Å². The largest absolute Gasteiger partial charge is 0.497 e. The minimum absolute atomic E-state index is 0. The Morgan fingerprint density at radius 2 is 1.87 bits per heavy atom. The van der Waals surface area contributed by atoms with Gasteiger partial charge >= 0.3 is 0 Å². The van der Waals surface area contributed by atoms with E-state index >= 15 is 0 Å². The normalized spacial score (nSPS) is 17.1. The van der Waals surface area contributed by atoms with Crippen LogP contribution >= 0.6 is 35.6 Å². The first-order chi connectivity index (χ1) is 6.63. The Kier molecular flexibility index (Phi) is 3.87. The summed E-state index contributed by atoms with van der Waals surface area (Å²) in [5.41, 5.74) is 1.69. The molecule has 0 bridgehead atoms. The molecule has 1 aliphatic rings. The predicted molar refractivity (Wildman–Crippen MR) is 66.1 cm³/mol. The molecule has 0 spiro atoms. The summed E-state index contributed by atoms with van der Waals surface area (Å²) in [6.07, 6.45) is 0. The van der Waals surface area contributed by atoms with E-state index < -0.39 is 4.33 Å². The molecule has 1 aliphatic heterocycles. The van der Waals surface area contributed by atoms with Gasteiger partial charge in [0.25, 0.3) is 0 Å². The fraction of sp³-hybridized carbons (Fsp3) is 0.300. The third-order valence-corrected chi connectivity index (χ3v) is 2.74. The number of aliphatic imine (C=N–C) groups is 1. The van der Waals surface area contributed by atoms with Crippen LogP contribution in [0.5, 0.6) is 5.75 Å². The van der Waals surface area contributed by atoms with Gasteiger partial charge in [-0.2, -0.15) is 0 Å². The highest BCUT2D eigenvalue weighted by atomic mass is 35.5. The summed E-state index contributed by atoms with van der Waals surface area (Å²) in [6.45, 7) is 0.470. The van der Waals surface area contributed by atoms with Gasteiger partial charge in [-0.05, 0) is 29.8 Å². The smallest absolute Gasteiger partial charge is 0.179 e. The van der Waals surface area contributed by atoms with E-state index in [9.17, 15) is 0 Å². The number of nitrogens with zero attached hydrogens (tertiary/aromatic N) is 1. The average Bonchev–Trinajstić information content (AvgIpc) is 2.18. The third-order valence-electron chi connectivity index (χ3n) is 2.15. The Morgan fingerprint density at radius 3 is 2.20 bits per heavy atom. The number of hydrogen-bond donors (Lipinski definition) is 0. The van der Waals surface area contributed by atoms with Crippen LogP contribution in [0.4, 0.5) is 0 Å². The van der Waals surface area contributed by atoms with Crippen LogP contribution in [0.1, 0.15) is 5.56 Å². The van der Waals surface area contributed by atoms with Gasteiger partial charge in [-0.3, -0.25) is 4.99 Å². The molecule has 15 heavy (non-hydrogen) atoms. The predicted octanol–water partition coefficient (Wildman–Crippen LogP) is 3.09. The first-order valence-electron chi connectivity index (χ1n) is 4.21. The Balaban J connectivity index is 0.00000112. The van der Waals surface area contributed by atoms with Crippen LogP contribution in [0.15, 0.2) is 29.3 Å². The molecule has 82 valence electrons. The van der Waals surface area contributed by atoms with Gasteiger partial charge < -0.3 is 4.74 Å². The van der Waals surface area contributed by atoms with Gasteiger partial charge in [0, 0.05) is 0 Å². The number of benzene rings is 1. The lowest BCUT2D eigenvalue weighted by Crippen LogP contribution is -2.39. The molecule has 0 N–H and O–H groups in total. The zero-order valence-electron chi connectivity index (χ0n) is 8.04. The number of methoxy groups -OCH3 is 1. The van der Waals surface area contributed by atoms with Crippen molar-refractivity contribution in [1.29, 1.82) is 0 Å². The van der Waals surface area contributed by atoms with Gasteiger partial charge in [0.1, 0.15) is 5.75 Å². The molecular formula is C10H10Cl3NO. The molecule has 0 radical (unpaired) electrons. The van der Waals surface area contributed by atoms with Crippen molar-refractivity contribution < 1.29 is 4.74 Å². The summed E-state index contributed by atoms with van der Waals surface area (Å²) in [5, 5.41) is 0. The highest BCUT2D eigenvalue weighted by Crippen LogP contribution is 2.34. The number of hydrogen-bond acceptors (Lipinski definition) is 2. The molecule has 5 heteroatoms. The second kappa shape index (κ2) is 4.60. The van der Waals surface area contributed by atoms with E-state index in [1.165, 1.54) is 0 Å². The molecule has 0 unspecified atom stereocenters. The molecule has 0 amide bonds. The molecule has 1 heterocycles. The summed E-state index contributed by atoms with van der Waals surface area (Å²) >= 11 is 12.0. The Bertz CT molecular complexity index is 373. The van der Waals surface area contributed by atoms with Crippen molar-refractivity contribution in [2.75, 3.05) is 13.7 Å². The average molecular weight is 267 g/mol. The van der Waals surface area contributed by atoms with Gasteiger partial charge in [-0.15, -0.1) is 12.4 Å². The summed E-state index contributed by atoms with van der Waals surface area (Å²) in [6, 6.07) is 7.52. The second-order valence-corrected chi connectivity index (χ2v) is 4.58. The molecule has 1 aromatic rings. The summed E-state index contributed by atoms with van der Waals surface area (Å²) in [7, 11) is 1.63. The van der Waals surface area contributed by atoms with E-state index in [-0.39, 0.29) is 12.4 Å². The van der Waals surface area contributed by atoms with Crippen LogP contribution in [0, 0.1) is 0 Å². The summed E-state index contributed by atoms with van der Waals surface area (Å²) in [4.78, 5) is 4.16. The van der Waals surface area contributed by atoms with Gasteiger partial charge in [0.05, 0.1) is 19.4 Å². The molecule has 0 aromatic heterocycles. The molecule has 2 nitrogen and oxygen atoms in total. The minimum Gasteiger partial charge on any atom is -0.497 e. The lowest BCUT2D eigenvalue weighted by molar-refractivity contribution is 0.415. The lowest BCUT2D eigenvalue weighted by atomic mass is 10.0. The van der Waals surface area contributed by atoms with E-state index in [4.69, 9.17) is 27.9 Å². The summed E-state index contributed by atoms with van der Waals surface area (Å²) in [5.74, 6) is 0.809. The first-order valence-corrected chi connectivity index (χ1v) is 4.96. The minimum atomic E-state index is -0.811. The van der Waals surface area contributed by atoms with Crippen molar-refractivity contribution in [2.45, 2.75) is 4.33 Å². The highest BCUT2D eigenvalue weighted by molar-refractivity contribution is 6.62. The Labute approximate surface area is 105 Å². The van der Waals surface area contributed by atoms with Gasteiger partial charge in [-0.1, -0.05) is 23.2 Å². The SMILES string of the molecule is COc1ccc(C2=NCC2(Cl)Cl)cc1.Cl. The van der Waals surface area contributed by atoms with Crippen LogP contribution in [0.25, 0.3) is 0 Å². The number of halogens is 3. The number of rotatable bonds is 2. The maximum absolute atomic E-state index is 5.98. The van der Waals surface area contributed by atoms with E-state index in [1.54, 1.807) is 7.11 Å². The Morgan fingerprint density at radius 1 is 1.27 bits per heavy atom. The standard InChI is InChI=1S/C10H9Cl2NO.ClH/c1-14-8-4-2-7(3-5-8)9-10(11,12)6-13-9;/h2-5H,6H2,1H3;1H. The van der Waals surface area contributed by atoms with Crippen molar-refractivity contribution in [2.24, 2.45) is 4.99 Å². The molecule has 0 atom stereocenters. The van der Waals surface area contributed by atoms with Crippen LogP contribution in [-0.2, 0) is 0 Å². The zero-order chi connectivity index (χ0) is 10.2. The molecule has 0 fully saturated rings. The van der Waals surface area contributed by atoms with Crippen LogP contribution in [-0.4, -0.2) is 23.7 Å². The van der Waals surface area contributed by atoms with Crippen LogP contribution in [0.3, 0.4) is 0 Å². The molecular weight excluding hydrogens is 256 g/mol. The number of alkyl halides is 2. The molecule has 0 aliphatic carbocycles.